The Bertz CT molecular complexity index is 834. The third-order valence-corrected chi connectivity index (χ3v) is 5.69. The van der Waals surface area contributed by atoms with Crippen LogP contribution in [0.25, 0.3) is 0 Å². The van der Waals surface area contributed by atoms with E-state index in [1.54, 1.807) is 4.90 Å². The van der Waals surface area contributed by atoms with Crippen LogP contribution < -0.4 is 4.90 Å². The summed E-state index contributed by atoms with van der Waals surface area (Å²) in [7, 11) is 0. The van der Waals surface area contributed by atoms with Crippen LogP contribution in [0.4, 0.5) is 5.69 Å². The molecule has 0 bridgehead atoms. The lowest BCUT2D eigenvalue weighted by molar-refractivity contribution is -0.120. The first-order valence-corrected chi connectivity index (χ1v) is 10.8. The highest BCUT2D eigenvalue weighted by atomic mass is 16.2. The van der Waals surface area contributed by atoms with Crippen LogP contribution in [0.2, 0.25) is 0 Å². The molecule has 1 aliphatic rings. The zero-order chi connectivity index (χ0) is 21.3. The van der Waals surface area contributed by atoms with Crippen molar-refractivity contribution in [1.29, 1.82) is 5.26 Å². The molecule has 1 amide bonds. The van der Waals surface area contributed by atoms with Crippen molar-refractivity contribution in [3.63, 3.8) is 0 Å². The molecule has 1 fully saturated rings. The van der Waals surface area contributed by atoms with Crippen LogP contribution in [0.1, 0.15) is 37.3 Å². The Kier molecular flexibility index (Phi) is 8.01. The van der Waals surface area contributed by atoms with Gasteiger partial charge >= 0.3 is 0 Å². The molecule has 3 rings (SSSR count). The molecular formula is C25H32N4O. The summed E-state index contributed by atoms with van der Waals surface area (Å²) in [4.78, 5) is 19.4. The molecule has 0 aromatic heterocycles. The fourth-order valence-electron chi connectivity index (χ4n) is 3.82. The molecular weight excluding hydrogens is 372 g/mol. The molecule has 30 heavy (non-hydrogen) atoms. The fourth-order valence-corrected chi connectivity index (χ4v) is 3.82. The maximum atomic E-state index is 12.9. The van der Waals surface area contributed by atoms with E-state index in [9.17, 15) is 4.79 Å². The highest BCUT2D eigenvalue weighted by Gasteiger charge is 2.22. The Morgan fingerprint density at radius 3 is 2.23 bits per heavy atom. The summed E-state index contributed by atoms with van der Waals surface area (Å²) in [5.41, 5.74) is 3.58. The van der Waals surface area contributed by atoms with Crippen LogP contribution in [0.5, 0.6) is 0 Å². The van der Waals surface area contributed by atoms with Crippen LogP contribution in [0.3, 0.4) is 0 Å². The average Bonchev–Trinajstić information content (AvgIpc) is 2.76. The topological polar surface area (TPSA) is 50.6 Å². The summed E-state index contributed by atoms with van der Waals surface area (Å²) in [5, 5.41) is 8.95. The van der Waals surface area contributed by atoms with Crippen molar-refractivity contribution >= 4 is 11.6 Å². The quantitative estimate of drug-likeness (QED) is 0.670. The number of benzene rings is 2. The molecule has 1 saturated heterocycles. The second kappa shape index (κ2) is 10.9. The van der Waals surface area contributed by atoms with Gasteiger partial charge < -0.3 is 4.90 Å². The van der Waals surface area contributed by atoms with E-state index in [0.717, 1.165) is 38.4 Å². The molecule has 1 aliphatic heterocycles. The Morgan fingerprint density at radius 1 is 1.00 bits per heavy atom. The Hall–Kier alpha value is -2.68. The predicted octanol–water partition coefficient (Wildman–Crippen LogP) is 3.87. The number of carbonyl (C=O) groups is 1. The first-order chi connectivity index (χ1) is 14.6. The lowest BCUT2D eigenvalue weighted by atomic mass is 10.0. The smallest absolute Gasteiger partial charge is 0.241 e. The van der Waals surface area contributed by atoms with E-state index in [4.69, 9.17) is 5.26 Å². The first kappa shape index (κ1) is 22.0. The summed E-state index contributed by atoms with van der Waals surface area (Å²) in [6.45, 7) is 9.92. The van der Waals surface area contributed by atoms with Crippen molar-refractivity contribution in [3.8, 4) is 6.07 Å². The van der Waals surface area contributed by atoms with Crippen LogP contribution in [0, 0.1) is 11.3 Å². The van der Waals surface area contributed by atoms with Crippen molar-refractivity contribution in [1.82, 2.24) is 9.80 Å². The normalized spacial score (nSPS) is 15.1. The molecule has 0 N–H and O–H groups in total. The van der Waals surface area contributed by atoms with Crippen molar-refractivity contribution in [2.24, 2.45) is 0 Å². The number of nitrogens with zero attached hydrogens (tertiary/aromatic N) is 4. The molecule has 5 nitrogen and oxygen atoms in total. The van der Waals surface area contributed by atoms with Crippen molar-refractivity contribution < 1.29 is 4.79 Å². The third-order valence-electron chi connectivity index (χ3n) is 5.69. The zero-order valence-corrected chi connectivity index (χ0v) is 18.1. The zero-order valence-electron chi connectivity index (χ0n) is 18.1. The summed E-state index contributed by atoms with van der Waals surface area (Å²) < 4.78 is 0. The minimum Gasteiger partial charge on any atom is -0.310 e. The third kappa shape index (κ3) is 6.16. The lowest BCUT2D eigenvalue weighted by Crippen LogP contribution is -2.50. The molecule has 0 spiro atoms. The van der Waals surface area contributed by atoms with Gasteiger partial charge in [-0.2, -0.15) is 5.26 Å². The van der Waals surface area contributed by atoms with Gasteiger partial charge in [-0.25, -0.2) is 0 Å². The molecule has 0 unspecified atom stereocenters. The highest BCUT2D eigenvalue weighted by molar-refractivity contribution is 5.94. The number of nitriles is 1. The number of para-hydroxylation sites is 1. The molecule has 0 aliphatic carbocycles. The minimum atomic E-state index is 0.0641. The minimum absolute atomic E-state index is 0.0641. The summed E-state index contributed by atoms with van der Waals surface area (Å²) in [6.07, 6.45) is 0.337. The largest absolute Gasteiger partial charge is 0.310 e. The monoisotopic (exact) mass is 404 g/mol. The number of rotatable bonds is 8. The van der Waals surface area contributed by atoms with Gasteiger partial charge in [0.25, 0.3) is 0 Å². The van der Waals surface area contributed by atoms with Crippen molar-refractivity contribution in [3.05, 3.63) is 65.7 Å². The van der Waals surface area contributed by atoms with Crippen LogP contribution >= 0.6 is 0 Å². The van der Waals surface area contributed by atoms with Gasteiger partial charge in [-0.3, -0.25) is 14.6 Å². The molecule has 1 heterocycles. The van der Waals surface area contributed by atoms with E-state index in [1.165, 1.54) is 11.1 Å². The van der Waals surface area contributed by atoms with Gasteiger partial charge in [0.1, 0.15) is 0 Å². The Morgan fingerprint density at radius 2 is 1.63 bits per heavy atom. The standard InChI is InChI=1S/C25H32N4O/c1-21(2)23-11-9-22(10-12-23)19-27-15-17-28(18-16-27)20-25(30)29(14-6-13-26)24-7-4-3-5-8-24/h3-5,7-12,21H,6,14-20H2,1-2H3. The van der Waals surface area contributed by atoms with Crippen LogP contribution in [0.15, 0.2) is 54.6 Å². The molecule has 2 aromatic carbocycles. The SMILES string of the molecule is CC(C)c1ccc(CN2CCN(CC(=O)N(CCC#N)c3ccccc3)CC2)cc1. The second-order valence-corrected chi connectivity index (χ2v) is 8.24. The van der Waals surface area contributed by atoms with Gasteiger partial charge in [0.05, 0.1) is 19.0 Å². The molecule has 0 atom stereocenters. The molecule has 0 radical (unpaired) electrons. The van der Waals surface area contributed by atoms with Gasteiger partial charge in [-0.1, -0.05) is 56.3 Å². The van der Waals surface area contributed by atoms with E-state index < -0.39 is 0 Å². The number of hydrogen-bond acceptors (Lipinski definition) is 4. The fraction of sp³-hybridized carbons (Fsp3) is 0.440. The molecule has 2 aromatic rings. The van der Waals surface area contributed by atoms with Gasteiger partial charge in [-0.15, -0.1) is 0 Å². The van der Waals surface area contributed by atoms with E-state index >= 15 is 0 Å². The lowest BCUT2D eigenvalue weighted by Gasteiger charge is -2.35. The predicted molar refractivity (Wildman–Crippen MR) is 121 cm³/mol. The van der Waals surface area contributed by atoms with E-state index in [1.807, 2.05) is 30.3 Å². The maximum Gasteiger partial charge on any atom is 0.241 e. The second-order valence-electron chi connectivity index (χ2n) is 8.24. The number of carbonyl (C=O) groups excluding carboxylic acids is 1. The number of amides is 1. The van der Waals surface area contributed by atoms with Gasteiger partial charge in [-0.05, 0) is 29.2 Å². The Balaban J connectivity index is 1.50. The van der Waals surface area contributed by atoms with Gasteiger partial charge in [0.15, 0.2) is 0 Å². The Labute approximate surface area is 180 Å². The van der Waals surface area contributed by atoms with Gasteiger partial charge in [0, 0.05) is 45.0 Å². The first-order valence-electron chi connectivity index (χ1n) is 10.8. The number of anilines is 1. The summed E-state index contributed by atoms with van der Waals surface area (Å²) >= 11 is 0. The molecule has 158 valence electrons. The molecule has 5 heteroatoms. The van der Waals surface area contributed by atoms with Crippen molar-refractivity contribution in [2.45, 2.75) is 32.7 Å². The van der Waals surface area contributed by atoms with Gasteiger partial charge in [0.2, 0.25) is 5.91 Å². The van der Waals surface area contributed by atoms with Crippen LogP contribution in [-0.2, 0) is 11.3 Å². The number of piperazine rings is 1. The van der Waals surface area contributed by atoms with E-state index in [0.29, 0.717) is 25.4 Å². The van der Waals surface area contributed by atoms with E-state index in [2.05, 4.69) is 54.0 Å². The maximum absolute atomic E-state index is 12.9. The summed E-state index contributed by atoms with van der Waals surface area (Å²) in [6, 6.07) is 20.7. The van der Waals surface area contributed by atoms with Crippen molar-refractivity contribution in [2.75, 3.05) is 44.2 Å². The average molecular weight is 405 g/mol. The van der Waals surface area contributed by atoms with E-state index in [-0.39, 0.29) is 5.91 Å². The van der Waals surface area contributed by atoms with Crippen LogP contribution in [-0.4, -0.2) is 55.0 Å². The number of hydrogen-bond donors (Lipinski definition) is 0. The summed E-state index contributed by atoms with van der Waals surface area (Å²) in [5.74, 6) is 0.623. The molecule has 0 saturated carbocycles. The highest BCUT2D eigenvalue weighted by Crippen LogP contribution is 2.17.